The molecule has 4 atom stereocenters. The van der Waals surface area contributed by atoms with Gasteiger partial charge in [0.15, 0.2) is 5.78 Å². The van der Waals surface area contributed by atoms with Gasteiger partial charge in [0.05, 0.1) is 26.4 Å². The minimum atomic E-state index is -0.400. The van der Waals surface area contributed by atoms with E-state index in [1.807, 2.05) is 24.3 Å². The lowest BCUT2D eigenvalue weighted by Crippen LogP contribution is -2.28. The van der Waals surface area contributed by atoms with Crippen molar-refractivity contribution in [2.24, 2.45) is 17.8 Å². The Bertz CT molecular complexity index is 849. The van der Waals surface area contributed by atoms with Crippen LogP contribution in [-0.4, -0.2) is 31.6 Å². The van der Waals surface area contributed by atoms with E-state index in [0.717, 1.165) is 17.7 Å². The van der Waals surface area contributed by atoms with E-state index in [1.165, 1.54) is 5.57 Å². The molecule has 5 heteroatoms. The third kappa shape index (κ3) is 4.51. The zero-order chi connectivity index (χ0) is 21.8. The molecule has 5 nitrogen and oxygen atoms in total. The summed E-state index contributed by atoms with van der Waals surface area (Å²) in [5.74, 6) is 0.556. The molecule has 0 aromatic heterocycles. The molecule has 0 bridgehead atoms. The molecule has 2 aliphatic rings. The SMILES string of the molecule is CCOC(=O)/C(C)=C1/CC=C(C)[C@H]2C[C@H](OCc3ccc(OC)cc3)[C@H](C)[C@H]2C1=O. The van der Waals surface area contributed by atoms with Crippen LogP contribution in [0.2, 0.25) is 0 Å². The van der Waals surface area contributed by atoms with Gasteiger partial charge in [-0.25, -0.2) is 4.79 Å². The van der Waals surface area contributed by atoms with E-state index in [9.17, 15) is 9.59 Å². The van der Waals surface area contributed by atoms with E-state index in [1.54, 1.807) is 21.0 Å². The lowest BCUT2D eigenvalue weighted by molar-refractivity contribution is -0.139. The molecule has 0 amide bonds. The number of Topliss-reactive ketones (excluding diaryl/α,β-unsaturated/α-hetero) is 1. The van der Waals surface area contributed by atoms with E-state index >= 15 is 0 Å². The van der Waals surface area contributed by atoms with Crippen LogP contribution in [0.4, 0.5) is 0 Å². The number of carbonyl (C=O) groups excluding carboxylic acids is 2. The third-order valence-electron chi connectivity index (χ3n) is 6.54. The summed E-state index contributed by atoms with van der Waals surface area (Å²) in [5, 5.41) is 0. The molecule has 0 unspecified atom stereocenters. The fraction of sp³-hybridized carbons (Fsp3) is 0.520. The lowest BCUT2D eigenvalue weighted by atomic mass is 9.81. The van der Waals surface area contributed by atoms with Gasteiger partial charge in [-0.1, -0.05) is 30.7 Å². The van der Waals surface area contributed by atoms with Crippen molar-refractivity contribution in [1.29, 1.82) is 0 Å². The number of benzene rings is 1. The largest absolute Gasteiger partial charge is 0.497 e. The smallest absolute Gasteiger partial charge is 0.334 e. The first-order chi connectivity index (χ1) is 14.4. The molecule has 0 spiro atoms. The van der Waals surface area contributed by atoms with Crippen LogP contribution in [0.1, 0.15) is 46.1 Å². The van der Waals surface area contributed by atoms with Crippen molar-refractivity contribution < 1.29 is 23.8 Å². The van der Waals surface area contributed by atoms with E-state index in [-0.39, 0.29) is 29.6 Å². The molecule has 1 aromatic carbocycles. The van der Waals surface area contributed by atoms with E-state index in [2.05, 4.69) is 19.9 Å². The Kier molecular flexibility index (Phi) is 7.14. The van der Waals surface area contributed by atoms with Gasteiger partial charge in [0, 0.05) is 17.1 Å². The highest BCUT2D eigenvalue weighted by atomic mass is 16.5. The minimum absolute atomic E-state index is 0.00310. The Hall–Kier alpha value is -2.40. The van der Waals surface area contributed by atoms with E-state index in [0.29, 0.717) is 30.8 Å². The van der Waals surface area contributed by atoms with Gasteiger partial charge < -0.3 is 14.2 Å². The van der Waals surface area contributed by atoms with Crippen molar-refractivity contribution in [1.82, 2.24) is 0 Å². The first kappa shape index (κ1) is 22.3. The second-order valence-corrected chi connectivity index (χ2v) is 8.27. The number of ether oxygens (including phenoxy) is 3. The number of fused-ring (bicyclic) bond motifs is 1. The van der Waals surface area contributed by atoms with Crippen LogP contribution < -0.4 is 4.74 Å². The zero-order valence-corrected chi connectivity index (χ0v) is 18.6. The van der Waals surface area contributed by atoms with Crippen molar-refractivity contribution >= 4 is 11.8 Å². The molecule has 0 aliphatic heterocycles. The van der Waals surface area contributed by atoms with Crippen LogP contribution in [0.15, 0.2) is 47.1 Å². The highest BCUT2D eigenvalue weighted by Gasteiger charge is 2.47. The lowest BCUT2D eigenvalue weighted by Gasteiger charge is -2.23. The Balaban J connectivity index is 1.77. The van der Waals surface area contributed by atoms with Crippen molar-refractivity contribution in [3.63, 3.8) is 0 Å². The molecule has 0 radical (unpaired) electrons. The highest BCUT2D eigenvalue weighted by Crippen LogP contribution is 2.46. The van der Waals surface area contributed by atoms with Gasteiger partial charge in [-0.05, 0) is 63.1 Å². The molecule has 162 valence electrons. The number of carbonyl (C=O) groups is 2. The quantitative estimate of drug-likeness (QED) is 0.387. The summed E-state index contributed by atoms with van der Waals surface area (Å²) in [5.41, 5.74) is 3.30. The van der Waals surface area contributed by atoms with Gasteiger partial charge in [0.25, 0.3) is 0 Å². The zero-order valence-electron chi connectivity index (χ0n) is 18.6. The first-order valence-electron chi connectivity index (χ1n) is 10.7. The third-order valence-corrected chi connectivity index (χ3v) is 6.54. The maximum atomic E-state index is 13.5. The average Bonchev–Trinajstić information content (AvgIpc) is 3.02. The normalized spacial score (nSPS) is 27.8. The molecule has 2 aliphatic carbocycles. The van der Waals surface area contributed by atoms with Crippen LogP contribution in [0, 0.1) is 17.8 Å². The van der Waals surface area contributed by atoms with E-state index in [4.69, 9.17) is 14.2 Å². The van der Waals surface area contributed by atoms with Crippen molar-refractivity contribution in [3.05, 3.63) is 52.6 Å². The van der Waals surface area contributed by atoms with Crippen LogP contribution in [0.25, 0.3) is 0 Å². The van der Waals surface area contributed by atoms with Gasteiger partial charge in [0.1, 0.15) is 5.75 Å². The number of hydrogen-bond acceptors (Lipinski definition) is 5. The summed E-state index contributed by atoms with van der Waals surface area (Å²) < 4.78 is 16.6. The predicted octanol–water partition coefficient (Wildman–Crippen LogP) is 4.65. The summed E-state index contributed by atoms with van der Waals surface area (Å²) in [4.78, 5) is 25.7. The molecule has 1 saturated carbocycles. The molecule has 0 heterocycles. The van der Waals surface area contributed by atoms with Gasteiger partial charge in [-0.2, -0.15) is 0 Å². The number of esters is 1. The molecule has 1 fully saturated rings. The summed E-state index contributed by atoms with van der Waals surface area (Å²) in [6.07, 6.45) is 3.41. The molecular formula is C25H32O5. The summed E-state index contributed by atoms with van der Waals surface area (Å²) in [6, 6.07) is 7.84. The van der Waals surface area contributed by atoms with Gasteiger partial charge in [-0.15, -0.1) is 0 Å². The molecule has 0 saturated heterocycles. The molecule has 1 aromatic rings. The number of rotatable bonds is 6. The Morgan fingerprint density at radius 1 is 1.20 bits per heavy atom. The standard InChI is InChI=1S/C25H32O5/c1-6-29-25(27)16(3)20-12-7-15(2)21-13-22(17(4)23(21)24(20)26)30-14-18-8-10-19(28-5)11-9-18/h7-11,17,21-23H,6,12-14H2,1-5H3/b20-16-/t17-,21+,22-,23+/m0/s1. The van der Waals surface area contributed by atoms with Crippen LogP contribution in [-0.2, 0) is 25.7 Å². The van der Waals surface area contributed by atoms with Gasteiger partial charge >= 0.3 is 5.97 Å². The van der Waals surface area contributed by atoms with Crippen LogP contribution in [0.3, 0.4) is 0 Å². The minimum Gasteiger partial charge on any atom is -0.497 e. The Morgan fingerprint density at radius 3 is 2.53 bits per heavy atom. The maximum Gasteiger partial charge on any atom is 0.334 e. The average molecular weight is 413 g/mol. The van der Waals surface area contributed by atoms with Gasteiger partial charge in [0.2, 0.25) is 0 Å². The molecular weight excluding hydrogens is 380 g/mol. The van der Waals surface area contributed by atoms with Gasteiger partial charge in [-0.3, -0.25) is 4.79 Å². The fourth-order valence-corrected chi connectivity index (χ4v) is 4.66. The fourth-order valence-electron chi connectivity index (χ4n) is 4.66. The number of hydrogen-bond donors (Lipinski definition) is 0. The van der Waals surface area contributed by atoms with Crippen LogP contribution in [0.5, 0.6) is 5.75 Å². The topological polar surface area (TPSA) is 61.8 Å². The Morgan fingerprint density at radius 2 is 1.90 bits per heavy atom. The second kappa shape index (κ2) is 9.61. The summed E-state index contributed by atoms with van der Waals surface area (Å²) >= 11 is 0. The Labute approximate surface area is 179 Å². The van der Waals surface area contributed by atoms with Crippen molar-refractivity contribution in [2.45, 2.75) is 53.2 Å². The van der Waals surface area contributed by atoms with Crippen molar-refractivity contribution in [2.75, 3.05) is 13.7 Å². The molecule has 0 N–H and O–H groups in total. The summed E-state index contributed by atoms with van der Waals surface area (Å²) in [6.45, 7) is 8.46. The molecule has 30 heavy (non-hydrogen) atoms. The number of methoxy groups -OCH3 is 1. The van der Waals surface area contributed by atoms with Crippen molar-refractivity contribution in [3.8, 4) is 5.75 Å². The monoisotopic (exact) mass is 412 g/mol. The maximum absolute atomic E-state index is 13.5. The molecule has 3 rings (SSSR count). The van der Waals surface area contributed by atoms with E-state index < -0.39 is 5.97 Å². The summed E-state index contributed by atoms with van der Waals surface area (Å²) in [7, 11) is 1.65. The first-order valence-corrected chi connectivity index (χ1v) is 10.7. The van der Waals surface area contributed by atoms with Crippen LogP contribution >= 0.6 is 0 Å². The second-order valence-electron chi connectivity index (χ2n) is 8.27. The predicted molar refractivity (Wildman–Crippen MR) is 115 cm³/mol. The highest BCUT2D eigenvalue weighted by molar-refractivity contribution is 6.05. The number of allylic oxidation sites excluding steroid dienone is 3. The number of ketones is 1.